The van der Waals surface area contributed by atoms with Gasteiger partial charge in [0.15, 0.2) is 0 Å². The molecule has 0 fully saturated rings. The first-order chi connectivity index (χ1) is 15.6. The normalized spacial score (nSPS) is 10.8. The SMILES string of the molecule is CCOC.COCCCNCOC.COCCNCOC.COCNCC(COC)OC. The van der Waals surface area contributed by atoms with Gasteiger partial charge in [-0.15, -0.1) is 0 Å². The van der Waals surface area contributed by atoms with Gasteiger partial charge in [0.1, 0.15) is 0 Å². The third kappa shape index (κ3) is 51.9. The molecular weight excluding hydrogens is 422 g/mol. The lowest BCUT2D eigenvalue weighted by Gasteiger charge is -2.14. The standard InChI is InChI=1S/C7H17NO3.C6H15NO2.C5H13NO2.C3H8O/c1-9-5-7(11-3)4-8-6-10-2;1-8-5-3-4-7-6-9-2;1-7-4-3-6-5-8-2;1-3-4-2/h7-8H,4-6H2,1-3H3;7H,3-6H2,1-2H3;6H,3-5H2,1-2H3;3H2,1-2H3. The van der Waals surface area contributed by atoms with Crippen molar-refractivity contribution in [1.82, 2.24) is 16.0 Å². The molecule has 3 N–H and O–H groups in total. The third-order valence-electron chi connectivity index (χ3n) is 3.27. The number of hydrogen-bond acceptors (Lipinski definition) is 11. The Labute approximate surface area is 197 Å². The third-order valence-corrected chi connectivity index (χ3v) is 3.27. The summed E-state index contributed by atoms with van der Waals surface area (Å²) in [5.74, 6) is 0. The maximum Gasteiger partial charge on any atom is 0.0962 e. The zero-order valence-electron chi connectivity index (χ0n) is 22.1. The first-order valence-corrected chi connectivity index (χ1v) is 10.7. The molecule has 32 heavy (non-hydrogen) atoms. The largest absolute Gasteiger partial charge is 0.385 e. The summed E-state index contributed by atoms with van der Waals surface area (Å²) < 4.78 is 38.5. The molecule has 11 nitrogen and oxygen atoms in total. The summed E-state index contributed by atoms with van der Waals surface area (Å²) in [7, 11) is 13.3. The Hall–Kier alpha value is -0.440. The zero-order valence-corrected chi connectivity index (χ0v) is 22.1. The minimum absolute atomic E-state index is 0.107. The van der Waals surface area contributed by atoms with Gasteiger partial charge in [-0.05, 0) is 19.9 Å². The van der Waals surface area contributed by atoms with E-state index in [1.807, 2.05) is 6.92 Å². The molecule has 0 aliphatic rings. The van der Waals surface area contributed by atoms with Crippen LogP contribution in [0.3, 0.4) is 0 Å². The fraction of sp³-hybridized carbons (Fsp3) is 1.00. The van der Waals surface area contributed by atoms with Crippen LogP contribution in [-0.4, -0.2) is 129 Å². The topological polar surface area (TPSA) is 110 Å². The van der Waals surface area contributed by atoms with Crippen molar-refractivity contribution >= 4 is 0 Å². The van der Waals surface area contributed by atoms with Crippen molar-refractivity contribution in [3.63, 3.8) is 0 Å². The van der Waals surface area contributed by atoms with E-state index in [2.05, 4.69) is 20.7 Å². The minimum atomic E-state index is 0.107. The highest BCUT2D eigenvalue weighted by molar-refractivity contribution is 4.57. The first kappa shape index (κ1) is 38.8. The van der Waals surface area contributed by atoms with E-state index in [9.17, 15) is 0 Å². The van der Waals surface area contributed by atoms with E-state index in [0.29, 0.717) is 26.8 Å². The molecule has 1 unspecified atom stereocenters. The maximum absolute atomic E-state index is 5.09. The predicted molar refractivity (Wildman–Crippen MR) is 128 cm³/mol. The van der Waals surface area contributed by atoms with Crippen LogP contribution in [0.15, 0.2) is 0 Å². The number of rotatable bonds is 19. The van der Waals surface area contributed by atoms with Crippen LogP contribution in [-0.2, 0) is 37.9 Å². The second kappa shape index (κ2) is 44.3. The van der Waals surface area contributed by atoms with Gasteiger partial charge in [0.2, 0.25) is 0 Å². The Morgan fingerprint density at radius 1 is 0.562 bits per heavy atom. The van der Waals surface area contributed by atoms with Crippen molar-refractivity contribution in [3.05, 3.63) is 0 Å². The molecule has 0 rings (SSSR count). The molecule has 0 aromatic carbocycles. The van der Waals surface area contributed by atoms with Gasteiger partial charge in [-0.1, -0.05) is 0 Å². The lowest BCUT2D eigenvalue weighted by atomic mass is 10.4. The quantitative estimate of drug-likeness (QED) is 0.180. The highest BCUT2D eigenvalue weighted by Gasteiger charge is 2.04. The second-order valence-electron chi connectivity index (χ2n) is 5.98. The molecule has 0 aromatic rings. The van der Waals surface area contributed by atoms with E-state index in [1.54, 1.807) is 56.9 Å². The predicted octanol–water partition coefficient (Wildman–Crippen LogP) is 0.537. The molecule has 0 saturated carbocycles. The summed E-state index contributed by atoms with van der Waals surface area (Å²) >= 11 is 0. The monoisotopic (exact) mass is 475 g/mol. The van der Waals surface area contributed by atoms with Gasteiger partial charge in [0.25, 0.3) is 0 Å². The number of methoxy groups -OCH3 is 8. The Morgan fingerprint density at radius 3 is 1.47 bits per heavy atom. The molecule has 200 valence electrons. The highest BCUT2D eigenvalue weighted by atomic mass is 16.5. The molecule has 0 heterocycles. The van der Waals surface area contributed by atoms with Gasteiger partial charge < -0.3 is 37.9 Å². The van der Waals surface area contributed by atoms with Crippen LogP contribution in [0, 0.1) is 0 Å². The Morgan fingerprint density at radius 2 is 1.06 bits per heavy atom. The summed E-state index contributed by atoms with van der Waals surface area (Å²) in [5.41, 5.74) is 0. The fourth-order valence-corrected chi connectivity index (χ4v) is 1.58. The van der Waals surface area contributed by atoms with Crippen molar-refractivity contribution in [2.45, 2.75) is 19.4 Å². The molecule has 0 saturated heterocycles. The lowest BCUT2D eigenvalue weighted by molar-refractivity contribution is 0.0234. The number of ether oxygens (including phenoxy) is 8. The number of hydrogen-bond donors (Lipinski definition) is 3. The van der Waals surface area contributed by atoms with Crippen LogP contribution in [0.2, 0.25) is 0 Å². The van der Waals surface area contributed by atoms with E-state index < -0.39 is 0 Å². The highest BCUT2D eigenvalue weighted by Crippen LogP contribution is 1.87. The number of nitrogens with one attached hydrogen (secondary N) is 3. The average Bonchev–Trinajstić information content (AvgIpc) is 2.82. The molecule has 0 bridgehead atoms. The van der Waals surface area contributed by atoms with Crippen LogP contribution in [0.5, 0.6) is 0 Å². The molecule has 0 amide bonds. The van der Waals surface area contributed by atoms with Crippen molar-refractivity contribution in [1.29, 1.82) is 0 Å². The molecule has 0 radical (unpaired) electrons. The Kier molecular flexibility index (Phi) is 53.7. The smallest absolute Gasteiger partial charge is 0.0962 e. The molecule has 0 spiro atoms. The fourth-order valence-electron chi connectivity index (χ4n) is 1.58. The summed E-state index contributed by atoms with van der Waals surface area (Å²) in [6.45, 7) is 9.27. The second-order valence-corrected chi connectivity index (χ2v) is 5.98. The van der Waals surface area contributed by atoms with Gasteiger partial charge in [-0.25, -0.2) is 0 Å². The van der Waals surface area contributed by atoms with Crippen molar-refractivity contribution in [3.8, 4) is 0 Å². The Balaban J connectivity index is -0.000000171. The minimum Gasteiger partial charge on any atom is -0.385 e. The average molecular weight is 476 g/mol. The molecule has 1 atom stereocenters. The lowest BCUT2D eigenvalue weighted by Crippen LogP contribution is -2.32. The van der Waals surface area contributed by atoms with Crippen LogP contribution in [0.4, 0.5) is 0 Å². The van der Waals surface area contributed by atoms with E-state index in [4.69, 9.17) is 33.2 Å². The van der Waals surface area contributed by atoms with E-state index in [0.717, 1.165) is 45.9 Å². The summed E-state index contributed by atoms with van der Waals surface area (Å²) in [6, 6.07) is 0. The maximum atomic E-state index is 5.09. The van der Waals surface area contributed by atoms with E-state index in [1.165, 1.54) is 0 Å². The van der Waals surface area contributed by atoms with Crippen LogP contribution in [0.1, 0.15) is 13.3 Å². The van der Waals surface area contributed by atoms with Crippen molar-refractivity contribution < 1.29 is 37.9 Å². The molecule has 0 aliphatic heterocycles. The van der Waals surface area contributed by atoms with Gasteiger partial charge >= 0.3 is 0 Å². The first-order valence-electron chi connectivity index (χ1n) is 10.7. The molecule has 0 aliphatic carbocycles. The summed E-state index contributed by atoms with van der Waals surface area (Å²) in [6.07, 6.45) is 1.15. The summed E-state index contributed by atoms with van der Waals surface area (Å²) in [5, 5.41) is 9.10. The van der Waals surface area contributed by atoms with Gasteiger partial charge in [0, 0.05) is 83.2 Å². The molecule has 0 aromatic heterocycles. The Bertz CT molecular complexity index is 257. The zero-order chi connectivity index (χ0) is 25.1. The molecular formula is C21H53N3O8. The van der Waals surface area contributed by atoms with Crippen molar-refractivity contribution in [2.75, 3.05) is 123 Å². The van der Waals surface area contributed by atoms with Crippen molar-refractivity contribution in [2.24, 2.45) is 0 Å². The van der Waals surface area contributed by atoms with Gasteiger partial charge in [-0.2, -0.15) is 0 Å². The van der Waals surface area contributed by atoms with Crippen LogP contribution in [0.25, 0.3) is 0 Å². The summed E-state index contributed by atoms with van der Waals surface area (Å²) in [4.78, 5) is 0. The van der Waals surface area contributed by atoms with E-state index in [-0.39, 0.29) is 6.10 Å². The van der Waals surface area contributed by atoms with Crippen LogP contribution >= 0.6 is 0 Å². The molecule has 11 heteroatoms. The van der Waals surface area contributed by atoms with Gasteiger partial charge in [-0.3, -0.25) is 16.0 Å². The van der Waals surface area contributed by atoms with Gasteiger partial charge in [0.05, 0.1) is 39.5 Å². The van der Waals surface area contributed by atoms with E-state index >= 15 is 0 Å². The van der Waals surface area contributed by atoms with Crippen LogP contribution < -0.4 is 16.0 Å².